The minimum atomic E-state index is -3.76. The van der Waals surface area contributed by atoms with E-state index in [4.69, 9.17) is 23.2 Å². The van der Waals surface area contributed by atoms with Crippen LogP contribution in [0.4, 0.5) is 5.69 Å². The van der Waals surface area contributed by atoms with Gasteiger partial charge in [0.1, 0.15) is 4.90 Å². The summed E-state index contributed by atoms with van der Waals surface area (Å²) in [6, 6.07) is 4.93. The highest BCUT2D eigenvalue weighted by atomic mass is 35.5. The number of hydrogen-bond donors (Lipinski definition) is 1. The summed E-state index contributed by atoms with van der Waals surface area (Å²) in [5.74, 6) is 0. The fourth-order valence-corrected chi connectivity index (χ4v) is 2.63. The first-order chi connectivity index (χ1) is 8.88. The number of rotatable bonds is 3. The van der Waals surface area contributed by atoms with E-state index in [1.165, 1.54) is 6.07 Å². The van der Waals surface area contributed by atoms with Crippen LogP contribution in [0.3, 0.4) is 0 Å². The number of aryl methyl sites for hydroxylation is 1. The average molecular weight is 318 g/mol. The number of hydrogen-bond acceptors (Lipinski definition) is 4. The minimum absolute atomic E-state index is 0.0158. The Balaban J connectivity index is 2.36. The van der Waals surface area contributed by atoms with Crippen LogP contribution in [-0.2, 0) is 10.0 Å². The molecule has 1 N–H and O–H groups in total. The molecule has 2 aromatic rings. The van der Waals surface area contributed by atoms with Gasteiger partial charge in [-0.05, 0) is 36.2 Å². The Bertz CT molecular complexity index is 702. The molecule has 19 heavy (non-hydrogen) atoms. The largest absolute Gasteiger partial charge is 0.279 e. The van der Waals surface area contributed by atoms with Gasteiger partial charge in [-0.3, -0.25) is 4.72 Å². The molecule has 5 nitrogen and oxygen atoms in total. The van der Waals surface area contributed by atoms with Crippen molar-refractivity contribution in [2.24, 2.45) is 0 Å². The first kappa shape index (κ1) is 14.0. The Kier molecular flexibility index (Phi) is 3.93. The number of nitrogens with zero attached hydrogens (tertiary/aromatic N) is 2. The molecule has 0 amide bonds. The van der Waals surface area contributed by atoms with Gasteiger partial charge in [0.25, 0.3) is 10.0 Å². The molecule has 1 heterocycles. The van der Waals surface area contributed by atoms with Gasteiger partial charge in [0.2, 0.25) is 5.28 Å². The smallest absolute Gasteiger partial charge is 0.264 e. The van der Waals surface area contributed by atoms with Crippen molar-refractivity contribution in [3.8, 4) is 0 Å². The number of halogens is 2. The molecule has 0 aliphatic heterocycles. The van der Waals surface area contributed by atoms with Crippen molar-refractivity contribution >= 4 is 38.9 Å². The highest BCUT2D eigenvalue weighted by molar-refractivity contribution is 7.92. The van der Waals surface area contributed by atoms with Crippen LogP contribution in [0.2, 0.25) is 10.3 Å². The zero-order chi connectivity index (χ0) is 14.0. The lowest BCUT2D eigenvalue weighted by Crippen LogP contribution is -2.14. The molecule has 8 heteroatoms. The summed E-state index contributed by atoms with van der Waals surface area (Å²) in [4.78, 5) is 7.20. The molecule has 100 valence electrons. The molecule has 0 bridgehead atoms. The molecule has 0 fully saturated rings. The lowest BCUT2D eigenvalue weighted by atomic mass is 10.2. The van der Waals surface area contributed by atoms with E-state index < -0.39 is 10.0 Å². The average Bonchev–Trinajstić information content (AvgIpc) is 2.34. The second kappa shape index (κ2) is 5.32. The van der Waals surface area contributed by atoms with E-state index in [9.17, 15) is 8.42 Å². The summed E-state index contributed by atoms with van der Waals surface area (Å²) < 4.78 is 26.6. The molecule has 0 aliphatic rings. The summed E-state index contributed by atoms with van der Waals surface area (Å²) in [6.45, 7) is 1.77. The molecule has 0 atom stereocenters. The molecule has 0 spiro atoms. The van der Waals surface area contributed by atoms with Crippen LogP contribution in [0, 0.1) is 6.92 Å². The van der Waals surface area contributed by atoms with Gasteiger partial charge in [-0.1, -0.05) is 17.7 Å². The van der Waals surface area contributed by atoms with Crippen molar-refractivity contribution in [2.45, 2.75) is 11.8 Å². The fraction of sp³-hybridized carbons (Fsp3) is 0.0909. The number of anilines is 1. The molecular weight excluding hydrogens is 309 g/mol. The number of benzene rings is 1. The van der Waals surface area contributed by atoms with E-state index in [1.807, 2.05) is 0 Å². The van der Waals surface area contributed by atoms with Gasteiger partial charge < -0.3 is 0 Å². The van der Waals surface area contributed by atoms with Crippen molar-refractivity contribution in [3.05, 3.63) is 46.5 Å². The lowest BCUT2D eigenvalue weighted by Gasteiger charge is -2.10. The summed E-state index contributed by atoms with van der Waals surface area (Å²) >= 11 is 11.3. The van der Waals surface area contributed by atoms with Gasteiger partial charge in [-0.2, -0.15) is 0 Å². The molecule has 0 aliphatic carbocycles. The first-order valence-electron chi connectivity index (χ1n) is 5.15. The van der Waals surface area contributed by atoms with Gasteiger partial charge in [0.15, 0.2) is 0 Å². The predicted molar refractivity (Wildman–Crippen MR) is 74.0 cm³/mol. The van der Waals surface area contributed by atoms with E-state index in [-0.39, 0.29) is 10.2 Å². The second-order valence-corrected chi connectivity index (χ2v) is 6.21. The van der Waals surface area contributed by atoms with Crippen molar-refractivity contribution in [2.75, 3.05) is 4.72 Å². The van der Waals surface area contributed by atoms with Crippen LogP contribution in [0.25, 0.3) is 0 Å². The van der Waals surface area contributed by atoms with Gasteiger partial charge in [-0.25, -0.2) is 18.4 Å². The highest BCUT2D eigenvalue weighted by Gasteiger charge is 2.16. The Labute approximate surface area is 120 Å². The van der Waals surface area contributed by atoms with Crippen LogP contribution in [-0.4, -0.2) is 18.4 Å². The molecule has 2 rings (SSSR count). The minimum Gasteiger partial charge on any atom is -0.279 e. The third kappa shape index (κ3) is 3.34. The molecule has 1 aromatic carbocycles. The van der Waals surface area contributed by atoms with Crippen LogP contribution < -0.4 is 4.72 Å². The van der Waals surface area contributed by atoms with Crippen LogP contribution in [0.15, 0.2) is 35.5 Å². The Morgan fingerprint density at radius 3 is 2.42 bits per heavy atom. The molecule has 0 unspecified atom stereocenters. The second-order valence-electron chi connectivity index (χ2n) is 3.75. The molecule has 0 saturated carbocycles. The maximum absolute atomic E-state index is 12.1. The summed E-state index contributed by atoms with van der Waals surface area (Å²) in [5.41, 5.74) is 1.16. The van der Waals surface area contributed by atoms with E-state index in [0.29, 0.717) is 10.7 Å². The predicted octanol–water partition coefficient (Wildman–Crippen LogP) is 2.89. The molecule has 0 radical (unpaired) electrons. The normalized spacial score (nSPS) is 11.3. The molecule has 0 saturated heterocycles. The topological polar surface area (TPSA) is 72.0 Å². The molecule has 1 aromatic heterocycles. The highest BCUT2D eigenvalue weighted by Crippen LogP contribution is 2.23. The maximum atomic E-state index is 12.1. The van der Waals surface area contributed by atoms with Crippen molar-refractivity contribution in [1.82, 2.24) is 9.97 Å². The third-order valence-corrected chi connectivity index (χ3v) is 4.10. The first-order valence-corrected chi connectivity index (χ1v) is 7.39. The van der Waals surface area contributed by atoms with Crippen molar-refractivity contribution in [3.63, 3.8) is 0 Å². The zero-order valence-electron chi connectivity index (χ0n) is 9.76. The SMILES string of the molecule is Cc1ccc(Cl)cc1NS(=O)(=O)c1cnc(Cl)nc1. The number of aromatic nitrogens is 2. The summed E-state index contributed by atoms with van der Waals surface area (Å²) in [5, 5.41) is 0.425. The van der Waals surface area contributed by atoms with Gasteiger partial charge in [0, 0.05) is 5.02 Å². The Hall–Kier alpha value is -1.37. The standard InChI is InChI=1S/C11H9Cl2N3O2S/c1-7-2-3-8(12)4-10(7)16-19(17,18)9-5-14-11(13)15-6-9/h2-6,16H,1H3. The number of nitrogens with one attached hydrogen (secondary N) is 1. The third-order valence-electron chi connectivity index (χ3n) is 2.35. The lowest BCUT2D eigenvalue weighted by molar-refractivity contribution is 0.600. The fourth-order valence-electron chi connectivity index (χ4n) is 1.35. The monoisotopic (exact) mass is 317 g/mol. The van der Waals surface area contributed by atoms with E-state index in [1.54, 1.807) is 19.1 Å². The Morgan fingerprint density at radius 1 is 1.16 bits per heavy atom. The summed E-state index contributed by atoms with van der Waals surface area (Å²) in [7, 11) is -3.76. The van der Waals surface area contributed by atoms with E-state index in [2.05, 4.69) is 14.7 Å². The van der Waals surface area contributed by atoms with Gasteiger partial charge in [0.05, 0.1) is 18.1 Å². The summed E-state index contributed by atoms with van der Waals surface area (Å²) in [6.07, 6.45) is 2.27. The molecular formula is C11H9Cl2N3O2S. The van der Waals surface area contributed by atoms with Crippen molar-refractivity contribution in [1.29, 1.82) is 0 Å². The van der Waals surface area contributed by atoms with Crippen LogP contribution in [0.5, 0.6) is 0 Å². The van der Waals surface area contributed by atoms with E-state index >= 15 is 0 Å². The van der Waals surface area contributed by atoms with Crippen molar-refractivity contribution < 1.29 is 8.42 Å². The maximum Gasteiger partial charge on any atom is 0.264 e. The van der Waals surface area contributed by atoms with Gasteiger partial charge in [-0.15, -0.1) is 0 Å². The van der Waals surface area contributed by atoms with Gasteiger partial charge >= 0.3 is 0 Å². The van der Waals surface area contributed by atoms with Crippen LogP contribution in [0.1, 0.15) is 5.56 Å². The van der Waals surface area contributed by atoms with Crippen LogP contribution >= 0.6 is 23.2 Å². The quantitative estimate of drug-likeness (QED) is 0.883. The Morgan fingerprint density at radius 2 is 1.79 bits per heavy atom. The zero-order valence-corrected chi connectivity index (χ0v) is 12.1. The van der Waals surface area contributed by atoms with E-state index in [0.717, 1.165) is 18.0 Å². The number of sulfonamides is 1.